The first-order valence-corrected chi connectivity index (χ1v) is 7.58. The van der Waals surface area contributed by atoms with E-state index in [0.29, 0.717) is 0 Å². The standard InChI is InChI=1S/C16H17OSi/c1-4-18(5-2)17-13(3)15-12-8-10-14-9-6-7-11-16(14)15/h4-13H,1-2H2,3H3. The van der Waals surface area contributed by atoms with Crippen molar-refractivity contribution in [3.05, 3.63) is 72.6 Å². The molecule has 0 spiro atoms. The smallest absolute Gasteiger partial charge is 0.267 e. The molecule has 0 bridgehead atoms. The maximum absolute atomic E-state index is 6.01. The fraction of sp³-hybridized carbons (Fsp3) is 0.125. The molecular weight excluding hydrogens is 236 g/mol. The van der Waals surface area contributed by atoms with Crippen LogP contribution in [0.25, 0.3) is 10.8 Å². The molecule has 0 saturated heterocycles. The van der Waals surface area contributed by atoms with E-state index in [1.807, 2.05) is 11.4 Å². The maximum atomic E-state index is 6.01. The predicted molar refractivity (Wildman–Crippen MR) is 79.6 cm³/mol. The SMILES string of the molecule is C=C[Si](C=C)OC(C)c1cccc2ccccc12. The van der Waals surface area contributed by atoms with Gasteiger partial charge in [0.05, 0.1) is 6.10 Å². The van der Waals surface area contributed by atoms with Gasteiger partial charge in [0.2, 0.25) is 0 Å². The van der Waals surface area contributed by atoms with Gasteiger partial charge in [0.1, 0.15) is 0 Å². The first kappa shape index (κ1) is 12.8. The van der Waals surface area contributed by atoms with E-state index < -0.39 is 9.04 Å². The molecule has 0 amide bonds. The quantitative estimate of drug-likeness (QED) is 0.719. The molecule has 91 valence electrons. The lowest BCUT2D eigenvalue weighted by Crippen LogP contribution is -2.15. The topological polar surface area (TPSA) is 9.23 Å². The van der Waals surface area contributed by atoms with Crippen molar-refractivity contribution < 1.29 is 4.43 Å². The van der Waals surface area contributed by atoms with Crippen molar-refractivity contribution in [2.24, 2.45) is 0 Å². The average molecular weight is 253 g/mol. The summed E-state index contributed by atoms with van der Waals surface area (Å²) in [7, 11) is -1.11. The van der Waals surface area contributed by atoms with Gasteiger partial charge < -0.3 is 4.43 Å². The summed E-state index contributed by atoms with van der Waals surface area (Å²) in [6.45, 7) is 9.66. The van der Waals surface area contributed by atoms with E-state index in [4.69, 9.17) is 4.43 Å². The molecule has 1 nitrogen and oxygen atoms in total. The first-order chi connectivity index (χ1) is 8.76. The summed E-state index contributed by atoms with van der Waals surface area (Å²) in [5.74, 6) is 0. The molecule has 2 aromatic rings. The molecule has 2 aromatic carbocycles. The van der Waals surface area contributed by atoms with Crippen molar-refractivity contribution in [3.63, 3.8) is 0 Å². The van der Waals surface area contributed by atoms with Gasteiger partial charge in [-0.3, -0.25) is 0 Å². The van der Waals surface area contributed by atoms with Crippen LogP contribution in [0, 0.1) is 0 Å². The van der Waals surface area contributed by atoms with Crippen molar-refractivity contribution >= 4 is 19.8 Å². The van der Waals surface area contributed by atoms with Crippen LogP contribution in [0.4, 0.5) is 0 Å². The van der Waals surface area contributed by atoms with E-state index in [1.165, 1.54) is 16.3 Å². The molecule has 0 aliphatic carbocycles. The van der Waals surface area contributed by atoms with E-state index in [-0.39, 0.29) is 6.10 Å². The summed E-state index contributed by atoms with van der Waals surface area (Å²) >= 11 is 0. The van der Waals surface area contributed by atoms with Crippen molar-refractivity contribution in [2.45, 2.75) is 13.0 Å². The molecule has 18 heavy (non-hydrogen) atoms. The van der Waals surface area contributed by atoms with Crippen LogP contribution in [-0.2, 0) is 4.43 Å². The fourth-order valence-corrected chi connectivity index (χ4v) is 2.95. The van der Waals surface area contributed by atoms with Crippen LogP contribution in [0.2, 0.25) is 0 Å². The highest BCUT2D eigenvalue weighted by atomic mass is 28.3. The lowest BCUT2D eigenvalue weighted by Gasteiger charge is -2.18. The van der Waals surface area contributed by atoms with Crippen LogP contribution in [0.3, 0.4) is 0 Å². The lowest BCUT2D eigenvalue weighted by atomic mass is 10.0. The molecule has 0 aliphatic heterocycles. The Morgan fingerprint density at radius 2 is 1.72 bits per heavy atom. The third-order valence-electron chi connectivity index (χ3n) is 2.98. The van der Waals surface area contributed by atoms with Gasteiger partial charge in [-0.1, -0.05) is 53.9 Å². The van der Waals surface area contributed by atoms with Gasteiger partial charge in [-0.05, 0) is 23.3 Å². The highest BCUT2D eigenvalue weighted by Crippen LogP contribution is 2.26. The predicted octanol–water partition coefficient (Wildman–Crippen LogP) is 4.36. The number of benzene rings is 2. The molecule has 0 saturated carbocycles. The second-order valence-electron chi connectivity index (χ2n) is 4.14. The van der Waals surface area contributed by atoms with E-state index in [1.54, 1.807) is 0 Å². The Morgan fingerprint density at radius 3 is 2.44 bits per heavy atom. The molecule has 0 heterocycles. The second kappa shape index (κ2) is 5.80. The minimum Gasteiger partial charge on any atom is -0.402 e. The van der Waals surface area contributed by atoms with Crippen LogP contribution in [0.1, 0.15) is 18.6 Å². The van der Waals surface area contributed by atoms with Crippen LogP contribution < -0.4 is 0 Å². The van der Waals surface area contributed by atoms with Gasteiger partial charge in [-0.2, -0.15) is 0 Å². The first-order valence-electron chi connectivity index (χ1n) is 6.02. The highest BCUT2D eigenvalue weighted by molar-refractivity contribution is 6.62. The van der Waals surface area contributed by atoms with Gasteiger partial charge >= 0.3 is 0 Å². The average Bonchev–Trinajstić information content (AvgIpc) is 2.43. The molecule has 2 heteroatoms. The number of rotatable bonds is 5. The maximum Gasteiger partial charge on any atom is 0.267 e. The van der Waals surface area contributed by atoms with Crippen LogP contribution in [-0.4, -0.2) is 9.04 Å². The Morgan fingerprint density at radius 1 is 1.06 bits per heavy atom. The molecule has 0 aromatic heterocycles. The van der Waals surface area contributed by atoms with Gasteiger partial charge in [0, 0.05) is 0 Å². The Hall–Kier alpha value is -1.64. The van der Waals surface area contributed by atoms with Crippen molar-refractivity contribution in [3.8, 4) is 0 Å². The zero-order valence-electron chi connectivity index (χ0n) is 10.6. The van der Waals surface area contributed by atoms with Crippen molar-refractivity contribution in [1.82, 2.24) is 0 Å². The number of hydrogen-bond donors (Lipinski definition) is 0. The summed E-state index contributed by atoms with van der Waals surface area (Å²) < 4.78 is 6.01. The monoisotopic (exact) mass is 253 g/mol. The Bertz CT molecular complexity index is 549. The highest BCUT2D eigenvalue weighted by Gasteiger charge is 2.13. The molecule has 1 radical (unpaired) electrons. The fourth-order valence-electron chi connectivity index (χ4n) is 2.05. The number of fused-ring (bicyclic) bond motifs is 1. The van der Waals surface area contributed by atoms with Gasteiger partial charge in [0.15, 0.2) is 0 Å². The Labute approximate surface area is 110 Å². The molecule has 1 atom stereocenters. The van der Waals surface area contributed by atoms with E-state index in [9.17, 15) is 0 Å². The summed E-state index contributed by atoms with van der Waals surface area (Å²) in [5.41, 5.74) is 4.94. The van der Waals surface area contributed by atoms with Crippen LogP contribution in [0.5, 0.6) is 0 Å². The summed E-state index contributed by atoms with van der Waals surface area (Å²) in [5, 5.41) is 2.50. The Kier molecular flexibility index (Phi) is 4.13. The molecular formula is C16H17OSi. The van der Waals surface area contributed by atoms with Gasteiger partial charge in [-0.15, -0.1) is 13.2 Å². The largest absolute Gasteiger partial charge is 0.402 e. The van der Waals surface area contributed by atoms with Crippen molar-refractivity contribution in [2.75, 3.05) is 0 Å². The van der Waals surface area contributed by atoms with Gasteiger partial charge in [0.25, 0.3) is 9.04 Å². The van der Waals surface area contributed by atoms with E-state index in [2.05, 4.69) is 62.5 Å². The molecule has 0 aliphatic rings. The van der Waals surface area contributed by atoms with Crippen LogP contribution >= 0.6 is 0 Å². The second-order valence-corrected chi connectivity index (χ2v) is 6.00. The normalized spacial score (nSPS) is 12.6. The number of hydrogen-bond acceptors (Lipinski definition) is 1. The zero-order chi connectivity index (χ0) is 13.0. The minimum absolute atomic E-state index is 0.0565. The van der Waals surface area contributed by atoms with Crippen molar-refractivity contribution in [1.29, 1.82) is 0 Å². The zero-order valence-corrected chi connectivity index (χ0v) is 11.6. The third-order valence-corrected chi connectivity index (χ3v) is 4.41. The summed E-state index contributed by atoms with van der Waals surface area (Å²) in [6.07, 6.45) is 0.0565. The molecule has 0 fully saturated rings. The minimum atomic E-state index is -1.11. The molecule has 1 unspecified atom stereocenters. The van der Waals surface area contributed by atoms with E-state index >= 15 is 0 Å². The van der Waals surface area contributed by atoms with Crippen LogP contribution in [0.15, 0.2) is 67.0 Å². The summed E-state index contributed by atoms with van der Waals surface area (Å²) in [6, 6.07) is 14.7. The van der Waals surface area contributed by atoms with E-state index in [0.717, 1.165) is 0 Å². The third kappa shape index (κ3) is 2.60. The molecule has 2 rings (SSSR count). The summed E-state index contributed by atoms with van der Waals surface area (Å²) in [4.78, 5) is 0. The lowest BCUT2D eigenvalue weighted by molar-refractivity contribution is 0.237. The Balaban J connectivity index is 2.35. The molecule has 0 N–H and O–H groups in total. The van der Waals surface area contributed by atoms with Gasteiger partial charge in [-0.25, -0.2) is 0 Å².